The van der Waals surface area contributed by atoms with Crippen molar-refractivity contribution >= 4 is 9.84 Å². The zero-order valence-electron chi connectivity index (χ0n) is 8.96. The molecule has 0 saturated heterocycles. The third-order valence-electron chi connectivity index (χ3n) is 3.19. The second-order valence-electron chi connectivity index (χ2n) is 4.02. The number of benzene rings is 1. The largest absolute Gasteiger partial charge is 0.223 e. The molecule has 2 nitrogen and oxygen atoms in total. The molecule has 16 heavy (non-hydrogen) atoms. The zero-order chi connectivity index (χ0) is 11.8. The van der Waals surface area contributed by atoms with Gasteiger partial charge in [-0.15, -0.1) is 13.2 Å². The first-order valence-corrected chi connectivity index (χ1v) is 6.62. The molecule has 0 bridgehead atoms. The normalized spacial score (nSPS) is 28.4. The van der Waals surface area contributed by atoms with Gasteiger partial charge in [0.2, 0.25) is 0 Å². The summed E-state index contributed by atoms with van der Waals surface area (Å²) in [5.41, 5.74) is 0. The van der Waals surface area contributed by atoms with Gasteiger partial charge in [0.1, 0.15) is 4.75 Å². The summed E-state index contributed by atoms with van der Waals surface area (Å²) in [5.74, 6) is -0.00444. The quantitative estimate of drug-likeness (QED) is 0.750. The number of hydrogen-bond acceptors (Lipinski definition) is 2. The Morgan fingerprint density at radius 2 is 1.88 bits per heavy atom. The molecule has 2 atom stereocenters. The Morgan fingerprint density at radius 3 is 2.31 bits per heavy atom. The summed E-state index contributed by atoms with van der Waals surface area (Å²) in [6.45, 7) is 7.32. The molecule has 0 amide bonds. The van der Waals surface area contributed by atoms with E-state index in [1.54, 1.807) is 42.5 Å². The van der Waals surface area contributed by atoms with E-state index in [-0.39, 0.29) is 5.92 Å². The van der Waals surface area contributed by atoms with Crippen LogP contribution < -0.4 is 0 Å². The van der Waals surface area contributed by atoms with E-state index in [4.69, 9.17) is 0 Å². The van der Waals surface area contributed by atoms with Crippen molar-refractivity contribution in [3.8, 4) is 0 Å². The molecular weight excluding hydrogens is 220 g/mol. The number of sulfone groups is 1. The van der Waals surface area contributed by atoms with Gasteiger partial charge in [-0.2, -0.15) is 0 Å². The Labute approximate surface area is 96.2 Å². The molecule has 0 spiro atoms. The van der Waals surface area contributed by atoms with Crippen LogP contribution in [0.15, 0.2) is 60.5 Å². The van der Waals surface area contributed by atoms with Gasteiger partial charge in [0, 0.05) is 5.92 Å². The standard InChI is InChI=1S/C13H14O2S/c1-3-11-10-13(11,4-2)16(14,15)12-8-6-5-7-9-12/h3-9,11H,1-2,10H2/t11-,13+/m1/s1. The Bertz CT molecular complexity index is 516. The second kappa shape index (κ2) is 3.59. The molecule has 1 aliphatic rings. The molecule has 1 aromatic rings. The Hall–Kier alpha value is -1.35. The van der Waals surface area contributed by atoms with E-state index < -0.39 is 14.6 Å². The Morgan fingerprint density at radius 1 is 1.25 bits per heavy atom. The average molecular weight is 234 g/mol. The fourth-order valence-electron chi connectivity index (χ4n) is 2.04. The van der Waals surface area contributed by atoms with E-state index in [0.29, 0.717) is 11.3 Å². The summed E-state index contributed by atoms with van der Waals surface area (Å²) < 4.78 is 24.0. The highest BCUT2D eigenvalue weighted by Gasteiger charge is 2.60. The van der Waals surface area contributed by atoms with Gasteiger partial charge in [-0.1, -0.05) is 30.4 Å². The van der Waals surface area contributed by atoms with E-state index in [1.165, 1.54) is 0 Å². The fraction of sp³-hybridized carbons (Fsp3) is 0.231. The van der Waals surface area contributed by atoms with Crippen LogP contribution >= 0.6 is 0 Å². The predicted molar refractivity (Wildman–Crippen MR) is 64.9 cm³/mol. The monoisotopic (exact) mass is 234 g/mol. The van der Waals surface area contributed by atoms with Crippen molar-refractivity contribution in [2.24, 2.45) is 5.92 Å². The third kappa shape index (κ3) is 1.35. The molecular formula is C13H14O2S. The minimum absolute atomic E-state index is 0.00444. The molecule has 1 saturated carbocycles. The lowest BCUT2D eigenvalue weighted by atomic mass is 10.3. The van der Waals surface area contributed by atoms with Gasteiger partial charge in [-0.3, -0.25) is 0 Å². The summed E-state index contributed by atoms with van der Waals surface area (Å²) >= 11 is 0. The van der Waals surface area contributed by atoms with E-state index >= 15 is 0 Å². The van der Waals surface area contributed by atoms with Gasteiger partial charge >= 0.3 is 0 Å². The molecule has 1 aliphatic carbocycles. The maximum absolute atomic E-state index is 12.4. The van der Waals surface area contributed by atoms with Crippen molar-refractivity contribution in [3.63, 3.8) is 0 Å². The smallest absolute Gasteiger partial charge is 0.188 e. The average Bonchev–Trinajstić information content (AvgIpc) is 3.05. The van der Waals surface area contributed by atoms with Crippen LogP contribution in [0.4, 0.5) is 0 Å². The van der Waals surface area contributed by atoms with Crippen molar-refractivity contribution in [1.82, 2.24) is 0 Å². The summed E-state index contributed by atoms with van der Waals surface area (Å²) in [6.07, 6.45) is 3.83. The molecule has 0 aromatic heterocycles. The zero-order valence-corrected chi connectivity index (χ0v) is 9.78. The molecule has 0 radical (unpaired) electrons. The van der Waals surface area contributed by atoms with Crippen LogP contribution in [-0.2, 0) is 9.84 Å². The molecule has 0 heterocycles. The highest BCUT2D eigenvalue weighted by molar-refractivity contribution is 7.93. The van der Waals surface area contributed by atoms with Crippen LogP contribution in [0.3, 0.4) is 0 Å². The minimum Gasteiger partial charge on any atom is -0.223 e. The summed E-state index contributed by atoms with van der Waals surface area (Å²) in [5, 5.41) is 0. The molecule has 0 N–H and O–H groups in total. The van der Waals surface area contributed by atoms with Crippen LogP contribution in [0.5, 0.6) is 0 Å². The van der Waals surface area contributed by atoms with Crippen molar-refractivity contribution in [3.05, 3.63) is 55.6 Å². The first kappa shape index (κ1) is 11.1. The predicted octanol–water partition coefficient (Wildman–Crippen LogP) is 2.59. The number of hydrogen-bond donors (Lipinski definition) is 0. The highest BCUT2D eigenvalue weighted by atomic mass is 32.2. The summed E-state index contributed by atoms with van der Waals surface area (Å²) in [6, 6.07) is 8.51. The summed E-state index contributed by atoms with van der Waals surface area (Å²) in [7, 11) is -3.33. The molecule has 1 aromatic carbocycles. The lowest BCUT2D eigenvalue weighted by molar-refractivity contribution is 0.585. The first-order chi connectivity index (χ1) is 7.58. The lowest BCUT2D eigenvalue weighted by Gasteiger charge is -2.12. The minimum atomic E-state index is -3.33. The first-order valence-electron chi connectivity index (χ1n) is 5.14. The lowest BCUT2D eigenvalue weighted by Crippen LogP contribution is -2.22. The molecule has 0 aliphatic heterocycles. The van der Waals surface area contributed by atoms with Crippen molar-refractivity contribution in [2.75, 3.05) is 0 Å². The van der Waals surface area contributed by atoms with Gasteiger partial charge in [-0.05, 0) is 18.6 Å². The topological polar surface area (TPSA) is 34.1 Å². The van der Waals surface area contributed by atoms with Crippen LogP contribution in [0.1, 0.15) is 6.42 Å². The van der Waals surface area contributed by atoms with Crippen LogP contribution in [0, 0.1) is 5.92 Å². The number of allylic oxidation sites excluding steroid dienone is 1. The van der Waals surface area contributed by atoms with Gasteiger partial charge < -0.3 is 0 Å². The number of rotatable bonds is 4. The van der Waals surface area contributed by atoms with Gasteiger partial charge in [0.05, 0.1) is 4.90 Å². The van der Waals surface area contributed by atoms with E-state index in [2.05, 4.69) is 13.2 Å². The fourth-order valence-corrected chi connectivity index (χ4v) is 4.11. The van der Waals surface area contributed by atoms with Crippen LogP contribution in [0.2, 0.25) is 0 Å². The highest BCUT2D eigenvalue weighted by Crippen LogP contribution is 2.53. The van der Waals surface area contributed by atoms with Crippen molar-refractivity contribution in [2.45, 2.75) is 16.1 Å². The van der Waals surface area contributed by atoms with Gasteiger partial charge in [-0.25, -0.2) is 8.42 Å². The van der Waals surface area contributed by atoms with E-state index in [0.717, 1.165) is 0 Å². The van der Waals surface area contributed by atoms with Crippen LogP contribution in [-0.4, -0.2) is 13.2 Å². The maximum Gasteiger partial charge on any atom is 0.188 e. The molecule has 0 unspecified atom stereocenters. The molecule has 2 rings (SSSR count). The summed E-state index contributed by atoms with van der Waals surface area (Å²) in [4.78, 5) is 0.360. The van der Waals surface area contributed by atoms with Gasteiger partial charge in [0.15, 0.2) is 9.84 Å². The Kier molecular flexibility index (Phi) is 2.50. The third-order valence-corrected chi connectivity index (χ3v) is 5.72. The second-order valence-corrected chi connectivity index (χ2v) is 6.26. The maximum atomic E-state index is 12.4. The molecule has 3 heteroatoms. The van der Waals surface area contributed by atoms with Crippen LogP contribution in [0.25, 0.3) is 0 Å². The Balaban J connectivity index is 2.49. The van der Waals surface area contributed by atoms with Crippen molar-refractivity contribution < 1.29 is 8.42 Å². The van der Waals surface area contributed by atoms with Crippen molar-refractivity contribution in [1.29, 1.82) is 0 Å². The SMILES string of the molecule is C=C[C@@H]1C[C@]1(C=C)S(=O)(=O)c1ccccc1. The molecule has 84 valence electrons. The van der Waals surface area contributed by atoms with E-state index in [9.17, 15) is 8.42 Å². The van der Waals surface area contributed by atoms with Gasteiger partial charge in [0.25, 0.3) is 0 Å². The van der Waals surface area contributed by atoms with E-state index in [1.807, 2.05) is 0 Å². The molecule has 1 fully saturated rings.